The Bertz CT molecular complexity index is 1140. The topological polar surface area (TPSA) is 108 Å². The van der Waals surface area contributed by atoms with Gasteiger partial charge in [-0.05, 0) is 24.5 Å². The summed E-state index contributed by atoms with van der Waals surface area (Å²) in [6, 6.07) is 15.9. The Morgan fingerprint density at radius 1 is 1.00 bits per heavy atom. The van der Waals surface area contributed by atoms with Crippen molar-refractivity contribution >= 4 is 23.8 Å². The molecule has 1 saturated heterocycles. The van der Waals surface area contributed by atoms with Crippen molar-refractivity contribution in [2.75, 3.05) is 33.3 Å². The molecule has 182 valence electrons. The van der Waals surface area contributed by atoms with Gasteiger partial charge in [-0.2, -0.15) is 0 Å². The standard InChI is InChI=1S/C26H28N4O5/c1-17-8-10-19(11-9-17)24-23(25(33)35-2)20(27-26(34)28-24)14-29-15-21(31)30(22(32)16-29)13-12-18-6-4-3-5-7-18/h3-11,24H,12-16H2,1-2H3,(H2,27,28,34)/t24-/m0/s1. The molecule has 9 nitrogen and oxygen atoms in total. The number of piperazine rings is 1. The van der Waals surface area contributed by atoms with Crippen LogP contribution in [0, 0.1) is 6.92 Å². The molecule has 4 amide bonds. The van der Waals surface area contributed by atoms with Crippen LogP contribution in [0.15, 0.2) is 65.9 Å². The van der Waals surface area contributed by atoms with E-state index in [4.69, 9.17) is 4.74 Å². The van der Waals surface area contributed by atoms with Gasteiger partial charge in [-0.15, -0.1) is 0 Å². The Balaban J connectivity index is 1.52. The van der Waals surface area contributed by atoms with Gasteiger partial charge in [0.15, 0.2) is 0 Å². The van der Waals surface area contributed by atoms with Crippen LogP contribution in [-0.4, -0.2) is 66.9 Å². The number of aryl methyl sites for hydroxylation is 1. The van der Waals surface area contributed by atoms with Crippen molar-refractivity contribution in [2.24, 2.45) is 0 Å². The van der Waals surface area contributed by atoms with Gasteiger partial charge >= 0.3 is 12.0 Å². The Hall–Kier alpha value is -3.98. The molecule has 2 aliphatic heterocycles. The van der Waals surface area contributed by atoms with E-state index in [0.717, 1.165) is 16.7 Å². The van der Waals surface area contributed by atoms with Crippen molar-refractivity contribution in [3.05, 3.63) is 82.6 Å². The molecule has 0 spiro atoms. The molecule has 0 aliphatic carbocycles. The monoisotopic (exact) mass is 476 g/mol. The number of nitrogens with zero attached hydrogens (tertiary/aromatic N) is 2. The number of hydrogen-bond acceptors (Lipinski definition) is 6. The van der Waals surface area contributed by atoms with Gasteiger partial charge in [0.2, 0.25) is 11.8 Å². The number of carbonyl (C=O) groups is 4. The van der Waals surface area contributed by atoms with Crippen LogP contribution >= 0.6 is 0 Å². The van der Waals surface area contributed by atoms with E-state index in [-0.39, 0.29) is 37.0 Å². The van der Waals surface area contributed by atoms with Gasteiger partial charge in [0, 0.05) is 18.8 Å². The maximum atomic E-state index is 12.8. The SMILES string of the molecule is COC(=O)C1=C(CN2CC(=O)N(CCc3ccccc3)C(=O)C2)NC(=O)N[C@H]1c1ccc(C)cc1. The van der Waals surface area contributed by atoms with Crippen molar-refractivity contribution in [3.63, 3.8) is 0 Å². The zero-order valence-corrected chi connectivity index (χ0v) is 19.7. The highest BCUT2D eigenvalue weighted by Gasteiger charge is 2.36. The third kappa shape index (κ3) is 5.58. The Kier molecular flexibility index (Phi) is 7.26. The zero-order valence-electron chi connectivity index (χ0n) is 19.7. The number of hydrogen-bond donors (Lipinski definition) is 2. The molecule has 1 fully saturated rings. The van der Waals surface area contributed by atoms with Crippen LogP contribution in [0.25, 0.3) is 0 Å². The molecule has 2 aromatic carbocycles. The molecule has 2 aromatic rings. The largest absolute Gasteiger partial charge is 0.466 e. The first-order chi connectivity index (χ1) is 16.9. The smallest absolute Gasteiger partial charge is 0.338 e. The third-order valence-electron chi connectivity index (χ3n) is 6.14. The van der Waals surface area contributed by atoms with Gasteiger partial charge in [-0.1, -0.05) is 60.2 Å². The maximum absolute atomic E-state index is 12.8. The second kappa shape index (κ2) is 10.5. The lowest BCUT2D eigenvalue weighted by molar-refractivity contribution is -0.151. The minimum Gasteiger partial charge on any atom is -0.466 e. The van der Waals surface area contributed by atoms with Gasteiger partial charge in [-0.3, -0.25) is 19.4 Å². The first-order valence-corrected chi connectivity index (χ1v) is 11.4. The van der Waals surface area contributed by atoms with Crippen LogP contribution in [-0.2, 0) is 25.5 Å². The summed E-state index contributed by atoms with van der Waals surface area (Å²) in [7, 11) is 1.27. The summed E-state index contributed by atoms with van der Waals surface area (Å²) in [5.41, 5.74) is 3.36. The number of urea groups is 1. The van der Waals surface area contributed by atoms with Crippen LogP contribution in [0.5, 0.6) is 0 Å². The second-order valence-corrected chi connectivity index (χ2v) is 8.65. The molecule has 2 N–H and O–H groups in total. The Labute approximate surface area is 203 Å². The summed E-state index contributed by atoms with van der Waals surface area (Å²) < 4.78 is 5.00. The molecule has 1 atom stereocenters. The van der Waals surface area contributed by atoms with Crippen LogP contribution in [0.4, 0.5) is 4.79 Å². The number of methoxy groups -OCH3 is 1. The number of rotatable bonds is 7. The van der Waals surface area contributed by atoms with Gasteiger partial charge in [0.05, 0.1) is 31.8 Å². The summed E-state index contributed by atoms with van der Waals surface area (Å²) >= 11 is 0. The molecular weight excluding hydrogens is 448 g/mol. The number of esters is 1. The molecular formula is C26H28N4O5. The van der Waals surface area contributed by atoms with Crippen molar-refractivity contribution < 1.29 is 23.9 Å². The normalized spacial score (nSPS) is 18.9. The first-order valence-electron chi connectivity index (χ1n) is 11.4. The number of amides is 4. The lowest BCUT2D eigenvalue weighted by Crippen LogP contribution is -2.56. The minimum absolute atomic E-state index is 0.00300. The predicted octanol–water partition coefficient (Wildman–Crippen LogP) is 1.69. The molecule has 4 rings (SSSR count). The second-order valence-electron chi connectivity index (χ2n) is 8.65. The van der Waals surface area contributed by atoms with Crippen molar-refractivity contribution in [3.8, 4) is 0 Å². The molecule has 0 bridgehead atoms. The summed E-state index contributed by atoms with van der Waals surface area (Å²) in [6.45, 7) is 2.29. The van der Waals surface area contributed by atoms with E-state index < -0.39 is 18.0 Å². The maximum Gasteiger partial charge on any atom is 0.338 e. The highest BCUT2D eigenvalue weighted by atomic mass is 16.5. The van der Waals surface area contributed by atoms with Crippen LogP contribution in [0.2, 0.25) is 0 Å². The number of imide groups is 1. The minimum atomic E-state index is -0.717. The zero-order chi connectivity index (χ0) is 24.9. The Morgan fingerprint density at radius 2 is 1.66 bits per heavy atom. The third-order valence-corrected chi connectivity index (χ3v) is 6.14. The van der Waals surface area contributed by atoms with E-state index in [9.17, 15) is 19.2 Å². The van der Waals surface area contributed by atoms with E-state index in [1.807, 2.05) is 61.5 Å². The summed E-state index contributed by atoms with van der Waals surface area (Å²) in [4.78, 5) is 53.7. The van der Waals surface area contributed by atoms with Crippen molar-refractivity contribution in [2.45, 2.75) is 19.4 Å². The molecule has 0 radical (unpaired) electrons. The highest BCUT2D eigenvalue weighted by molar-refractivity contribution is 5.99. The van der Waals surface area contributed by atoms with E-state index in [2.05, 4.69) is 10.6 Å². The molecule has 0 unspecified atom stereocenters. The quantitative estimate of drug-likeness (QED) is 0.465. The fraction of sp³-hybridized carbons (Fsp3) is 0.308. The van der Waals surface area contributed by atoms with E-state index in [1.165, 1.54) is 12.0 Å². The summed E-state index contributed by atoms with van der Waals surface area (Å²) in [5.74, 6) is -1.22. The first kappa shape index (κ1) is 24.2. The predicted molar refractivity (Wildman–Crippen MR) is 128 cm³/mol. The molecule has 0 aromatic heterocycles. The summed E-state index contributed by atoms with van der Waals surface area (Å²) in [6.07, 6.45) is 0.579. The lowest BCUT2D eigenvalue weighted by Gasteiger charge is -2.35. The number of ether oxygens (including phenoxy) is 1. The van der Waals surface area contributed by atoms with Crippen LogP contribution in [0.3, 0.4) is 0 Å². The Morgan fingerprint density at radius 3 is 2.29 bits per heavy atom. The van der Waals surface area contributed by atoms with Gasteiger partial charge in [-0.25, -0.2) is 9.59 Å². The summed E-state index contributed by atoms with van der Waals surface area (Å²) in [5, 5.41) is 5.45. The van der Waals surface area contributed by atoms with E-state index >= 15 is 0 Å². The van der Waals surface area contributed by atoms with Crippen molar-refractivity contribution in [1.29, 1.82) is 0 Å². The van der Waals surface area contributed by atoms with Gasteiger partial charge < -0.3 is 15.4 Å². The highest BCUT2D eigenvalue weighted by Crippen LogP contribution is 2.28. The van der Waals surface area contributed by atoms with Crippen LogP contribution < -0.4 is 10.6 Å². The van der Waals surface area contributed by atoms with Gasteiger partial charge in [0.1, 0.15) is 0 Å². The molecule has 0 saturated carbocycles. The fourth-order valence-electron chi connectivity index (χ4n) is 4.32. The lowest BCUT2D eigenvalue weighted by atomic mass is 9.94. The average molecular weight is 477 g/mol. The van der Waals surface area contributed by atoms with Gasteiger partial charge in [0.25, 0.3) is 0 Å². The van der Waals surface area contributed by atoms with E-state index in [0.29, 0.717) is 18.7 Å². The molecule has 9 heteroatoms. The number of carbonyl (C=O) groups excluding carboxylic acids is 4. The number of nitrogens with one attached hydrogen (secondary N) is 2. The molecule has 35 heavy (non-hydrogen) atoms. The van der Waals surface area contributed by atoms with E-state index in [1.54, 1.807) is 4.90 Å². The molecule has 2 aliphatic rings. The fourth-order valence-corrected chi connectivity index (χ4v) is 4.32. The molecule has 2 heterocycles. The number of benzene rings is 2. The average Bonchev–Trinajstić information content (AvgIpc) is 2.84. The van der Waals surface area contributed by atoms with Crippen LogP contribution in [0.1, 0.15) is 22.7 Å². The van der Waals surface area contributed by atoms with Crippen molar-refractivity contribution in [1.82, 2.24) is 20.4 Å².